The van der Waals surface area contributed by atoms with E-state index in [1.54, 1.807) is 0 Å². The molecule has 72 valence electrons. The molecule has 0 aromatic carbocycles. The number of carbonyl (C=O) groups excluding carboxylic acids is 1. The molecule has 0 bridgehead atoms. The Kier molecular flexibility index (Phi) is 2.67. The minimum Gasteiger partial charge on any atom is -0.298 e. The van der Waals surface area contributed by atoms with E-state index in [2.05, 4.69) is 44.0 Å². The molecule has 0 N–H and O–H groups in total. The summed E-state index contributed by atoms with van der Waals surface area (Å²) in [6, 6.07) is 0. The van der Waals surface area contributed by atoms with Crippen LogP contribution >= 0.6 is 31.9 Å². The van der Waals surface area contributed by atoms with Crippen LogP contribution in [-0.4, -0.2) is 15.4 Å². The number of fused-ring (bicyclic) bond motifs is 1. The Morgan fingerprint density at radius 3 is 3.08 bits per heavy atom. The van der Waals surface area contributed by atoms with E-state index in [1.165, 1.54) is 0 Å². The highest BCUT2D eigenvalue weighted by Gasteiger charge is 2.59. The predicted molar refractivity (Wildman–Crippen MR) is 60.4 cm³/mol. The molecule has 13 heavy (non-hydrogen) atoms. The highest BCUT2D eigenvalue weighted by Crippen LogP contribution is 2.54. The van der Waals surface area contributed by atoms with Crippen molar-refractivity contribution in [3.63, 3.8) is 0 Å². The van der Waals surface area contributed by atoms with Gasteiger partial charge in [0.15, 0.2) is 5.78 Å². The van der Waals surface area contributed by atoms with Crippen molar-refractivity contribution in [3.05, 3.63) is 12.2 Å². The molecule has 2 rings (SSSR count). The fraction of sp³-hybridized carbons (Fsp3) is 0.700. The van der Waals surface area contributed by atoms with Crippen LogP contribution in [0.5, 0.6) is 0 Å². The van der Waals surface area contributed by atoms with Crippen LogP contribution in [0.3, 0.4) is 0 Å². The number of hydrogen-bond donors (Lipinski definition) is 0. The Labute approximate surface area is 95.2 Å². The molecule has 2 aliphatic carbocycles. The number of carbonyl (C=O) groups is 1. The van der Waals surface area contributed by atoms with E-state index < -0.39 is 0 Å². The standard InChI is InChI=1S/C10H12Br2O/c11-6-2-5-10(12)8-4-1-3-7(8)9(10)13/h1,4,7-8H,2-3,5-6H2/t7-,8+,10-/m0/s1. The van der Waals surface area contributed by atoms with Gasteiger partial charge in [0.25, 0.3) is 0 Å². The van der Waals surface area contributed by atoms with Crippen molar-refractivity contribution in [1.29, 1.82) is 0 Å². The van der Waals surface area contributed by atoms with Crippen molar-refractivity contribution in [2.75, 3.05) is 5.33 Å². The molecule has 0 aromatic rings. The van der Waals surface area contributed by atoms with Crippen LogP contribution in [0.1, 0.15) is 19.3 Å². The van der Waals surface area contributed by atoms with E-state index in [1.807, 2.05) is 0 Å². The van der Waals surface area contributed by atoms with Gasteiger partial charge in [-0.2, -0.15) is 0 Å². The minimum atomic E-state index is -0.210. The van der Waals surface area contributed by atoms with Gasteiger partial charge in [0.1, 0.15) is 0 Å². The first-order valence-electron chi connectivity index (χ1n) is 4.66. The topological polar surface area (TPSA) is 17.1 Å². The first-order chi connectivity index (χ1) is 6.20. The second-order valence-corrected chi connectivity index (χ2v) is 6.02. The molecule has 0 aromatic heterocycles. The fourth-order valence-corrected chi connectivity index (χ4v) is 3.71. The summed E-state index contributed by atoms with van der Waals surface area (Å²) in [6.07, 6.45) is 7.33. The average molecular weight is 308 g/mol. The van der Waals surface area contributed by atoms with Gasteiger partial charge in [-0.05, 0) is 19.3 Å². The van der Waals surface area contributed by atoms with Crippen LogP contribution in [0.4, 0.5) is 0 Å². The van der Waals surface area contributed by atoms with Gasteiger partial charge >= 0.3 is 0 Å². The lowest BCUT2D eigenvalue weighted by Gasteiger charge is -2.46. The van der Waals surface area contributed by atoms with Gasteiger partial charge in [-0.25, -0.2) is 0 Å². The summed E-state index contributed by atoms with van der Waals surface area (Å²) in [5.41, 5.74) is 0. The molecule has 3 atom stereocenters. The Morgan fingerprint density at radius 2 is 2.38 bits per heavy atom. The van der Waals surface area contributed by atoms with Gasteiger partial charge in [0.05, 0.1) is 4.32 Å². The molecule has 2 aliphatic rings. The number of Topliss-reactive ketones (excluding diaryl/α,β-unsaturated/α-hetero) is 1. The molecule has 1 nitrogen and oxygen atoms in total. The van der Waals surface area contributed by atoms with Crippen molar-refractivity contribution in [1.82, 2.24) is 0 Å². The van der Waals surface area contributed by atoms with Crippen LogP contribution < -0.4 is 0 Å². The maximum absolute atomic E-state index is 11.8. The third-order valence-corrected chi connectivity index (χ3v) is 4.99. The number of hydrogen-bond acceptors (Lipinski definition) is 1. The number of alkyl halides is 2. The van der Waals surface area contributed by atoms with Crippen molar-refractivity contribution in [2.24, 2.45) is 11.8 Å². The maximum Gasteiger partial charge on any atom is 0.154 e. The van der Waals surface area contributed by atoms with Crippen LogP contribution in [0, 0.1) is 11.8 Å². The van der Waals surface area contributed by atoms with Gasteiger partial charge in [0.2, 0.25) is 0 Å². The van der Waals surface area contributed by atoms with E-state index in [-0.39, 0.29) is 4.32 Å². The number of rotatable bonds is 3. The molecule has 0 radical (unpaired) electrons. The second-order valence-electron chi connectivity index (χ2n) is 3.82. The SMILES string of the molecule is O=C1[C@H]2CC=C[C@H]2[C@@]1(Br)CCCBr. The molecule has 0 spiro atoms. The lowest BCUT2D eigenvalue weighted by molar-refractivity contribution is -0.136. The maximum atomic E-state index is 11.8. The first-order valence-corrected chi connectivity index (χ1v) is 6.57. The smallest absolute Gasteiger partial charge is 0.154 e. The lowest BCUT2D eigenvalue weighted by Crippen LogP contribution is -2.57. The second kappa shape index (κ2) is 3.50. The van der Waals surface area contributed by atoms with E-state index in [0.717, 1.165) is 24.6 Å². The molecule has 3 heteroatoms. The molecule has 0 unspecified atom stereocenters. The average Bonchev–Trinajstić information content (AvgIpc) is 2.59. The molecular weight excluding hydrogens is 296 g/mol. The highest BCUT2D eigenvalue weighted by molar-refractivity contribution is 9.10. The molecule has 0 heterocycles. The summed E-state index contributed by atoms with van der Waals surface area (Å²) in [7, 11) is 0. The molecule has 0 saturated heterocycles. The summed E-state index contributed by atoms with van der Waals surface area (Å²) in [5, 5.41) is 0.981. The summed E-state index contributed by atoms with van der Waals surface area (Å²) >= 11 is 7.02. The van der Waals surface area contributed by atoms with Crippen molar-refractivity contribution < 1.29 is 4.79 Å². The monoisotopic (exact) mass is 306 g/mol. The largest absolute Gasteiger partial charge is 0.298 e. The van der Waals surface area contributed by atoms with Crippen LogP contribution in [-0.2, 0) is 4.79 Å². The number of halogens is 2. The third-order valence-electron chi connectivity index (χ3n) is 3.12. The molecular formula is C10H12Br2O. The highest BCUT2D eigenvalue weighted by atomic mass is 79.9. The first kappa shape index (κ1) is 9.91. The van der Waals surface area contributed by atoms with E-state index in [9.17, 15) is 4.79 Å². The number of ketones is 1. The number of allylic oxidation sites excluding steroid dienone is 2. The van der Waals surface area contributed by atoms with Crippen LogP contribution in [0.25, 0.3) is 0 Å². The Morgan fingerprint density at radius 1 is 1.62 bits per heavy atom. The fourth-order valence-electron chi connectivity index (χ4n) is 2.38. The van der Waals surface area contributed by atoms with E-state index >= 15 is 0 Å². The van der Waals surface area contributed by atoms with Gasteiger partial charge in [0, 0.05) is 17.2 Å². The van der Waals surface area contributed by atoms with Crippen LogP contribution in [0.15, 0.2) is 12.2 Å². The Hall–Kier alpha value is 0.370. The molecule has 0 amide bonds. The van der Waals surface area contributed by atoms with E-state index in [0.29, 0.717) is 17.6 Å². The lowest BCUT2D eigenvalue weighted by atomic mass is 9.63. The summed E-state index contributed by atoms with van der Waals surface area (Å²) in [4.78, 5) is 11.8. The third kappa shape index (κ3) is 1.35. The summed E-state index contributed by atoms with van der Waals surface area (Å²) in [5.74, 6) is 1.19. The van der Waals surface area contributed by atoms with Gasteiger partial charge in [-0.15, -0.1) is 0 Å². The van der Waals surface area contributed by atoms with Gasteiger partial charge in [-0.1, -0.05) is 44.0 Å². The van der Waals surface area contributed by atoms with Gasteiger partial charge in [-0.3, -0.25) is 4.79 Å². The molecule has 1 saturated carbocycles. The normalized spacial score (nSPS) is 41.8. The Balaban J connectivity index is 2.06. The van der Waals surface area contributed by atoms with Crippen molar-refractivity contribution in [3.8, 4) is 0 Å². The van der Waals surface area contributed by atoms with Crippen molar-refractivity contribution in [2.45, 2.75) is 23.6 Å². The Bertz CT molecular complexity index is 262. The predicted octanol–water partition coefficient (Wildman–Crippen LogP) is 3.07. The van der Waals surface area contributed by atoms with Crippen molar-refractivity contribution >= 4 is 37.6 Å². The van der Waals surface area contributed by atoms with E-state index in [4.69, 9.17) is 0 Å². The van der Waals surface area contributed by atoms with Crippen LogP contribution in [0.2, 0.25) is 0 Å². The summed E-state index contributed by atoms with van der Waals surface area (Å²) < 4.78 is -0.210. The molecule has 0 aliphatic heterocycles. The van der Waals surface area contributed by atoms with Gasteiger partial charge < -0.3 is 0 Å². The summed E-state index contributed by atoms with van der Waals surface area (Å²) in [6.45, 7) is 0. The quantitative estimate of drug-likeness (QED) is 0.578. The minimum absolute atomic E-state index is 0.210. The zero-order valence-electron chi connectivity index (χ0n) is 7.30. The molecule has 1 fully saturated rings. The zero-order chi connectivity index (χ0) is 9.47. The zero-order valence-corrected chi connectivity index (χ0v) is 10.5.